The molecule has 2 rings (SSSR count). The van der Waals surface area contributed by atoms with Gasteiger partial charge in [0.2, 0.25) is 0 Å². The molecule has 0 unspecified atom stereocenters. The Morgan fingerprint density at radius 3 is 2.48 bits per heavy atom. The van der Waals surface area contributed by atoms with Gasteiger partial charge in [-0.1, -0.05) is 19.9 Å². The summed E-state index contributed by atoms with van der Waals surface area (Å²) in [5, 5.41) is 0. The van der Waals surface area contributed by atoms with E-state index in [-0.39, 0.29) is 0 Å². The first kappa shape index (κ1) is 18.1. The minimum absolute atomic E-state index is 0.517. The van der Waals surface area contributed by atoms with E-state index >= 15 is 0 Å². The molecule has 130 valence electrons. The molecule has 0 aromatic heterocycles. The summed E-state index contributed by atoms with van der Waals surface area (Å²) in [6.07, 6.45) is 2.28. The molecule has 0 atom stereocenters. The van der Waals surface area contributed by atoms with Crippen LogP contribution in [0.25, 0.3) is 0 Å². The Balaban J connectivity index is 1.80. The van der Waals surface area contributed by atoms with Crippen molar-refractivity contribution in [2.75, 3.05) is 53.5 Å². The summed E-state index contributed by atoms with van der Waals surface area (Å²) in [6.45, 7) is 11.0. The number of piperazine rings is 1. The van der Waals surface area contributed by atoms with Gasteiger partial charge < -0.3 is 19.3 Å². The maximum Gasteiger partial charge on any atom is 0.161 e. The van der Waals surface area contributed by atoms with E-state index in [4.69, 9.17) is 9.47 Å². The van der Waals surface area contributed by atoms with E-state index in [1.54, 1.807) is 7.11 Å². The molecule has 0 bridgehead atoms. The fourth-order valence-corrected chi connectivity index (χ4v) is 2.82. The zero-order valence-electron chi connectivity index (χ0n) is 15.2. The van der Waals surface area contributed by atoms with Crippen molar-refractivity contribution in [3.63, 3.8) is 0 Å². The second-order valence-electron chi connectivity index (χ2n) is 6.94. The van der Waals surface area contributed by atoms with E-state index in [1.165, 1.54) is 44.7 Å². The van der Waals surface area contributed by atoms with Gasteiger partial charge in [0, 0.05) is 26.2 Å². The lowest BCUT2D eigenvalue weighted by atomic mass is 10.1. The van der Waals surface area contributed by atoms with Crippen LogP contribution in [0.5, 0.6) is 11.5 Å². The number of methoxy groups -OCH3 is 1. The molecule has 0 saturated carbocycles. The Morgan fingerprint density at radius 1 is 1.09 bits per heavy atom. The monoisotopic (exact) mass is 320 g/mol. The van der Waals surface area contributed by atoms with Crippen LogP contribution >= 0.6 is 0 Å². The SMILES string of the molecule is COc1cc(CCCN2CCN(C)CC2)ccc1OCC(C)C. The highest BCUT2D eigenvalue weighted by molar-refractivity contribution is 5.43. The fraction of sp³-hybridized carbons (Fsp3) is 0.684. The molecule has 0 radical (unpaired) electrons. The van der Waals surface area contributed by atoms with Crippen molar-refractivity contribution in [2.45, 2.75) is 26.7 Å². The molecule has 0 N–H and O–H groups in total. The zero-order valence-corrected chi connectivity index (χ0v) is 15.2. The maximum absolute atomic E-state index is 5.82. The van der Waals surface area contributed by atoms with Crippen LogP contribution in [-0.4, -0.2) is 63.3 Å². The van der Waals surface area contributed by atoms with E-state index < -0.39 is 0 Å². The molecule has 23 heavy (non-hydrogen) atoms. The van der Waals surface area contributed by atoms with Crippen molar-refractivity contribution >= 4 is 0 Å². The van der Waals surface area contributed by atoms with Gasteiger partial charge in [0.05, 0.1) is 13.7 Å². The summed E-state index contributed by atoms with van der Waals surface area (Å²) in [4.78, 5) is 4.97. The molecular formula is C19H32N2O2. The molecule has 4 nitrogen and oxygen atoms in total. The smallest absolute Gasteiger partial charge is 0.161 e. The third-order valence-electron chi connectivity index (χ3n) is 4.34. The first-order valence-corrected chi connectivity index (χ1v) is 8.79. The molecule has 1 aromatic carbocycles. The third kappa shape index (κ3) is 6.04. The molecule has 0 amide bonds. The summed E-state index contributed by atoms with van der Waals surface area (Å²) < 4.78 is 11.3. The Labute approximate surface area is 141 Å². The lowest BCUT2D eigenvalue weighted by Gasteiger charge is -2.32. The molecule has 1 saturated heterocycles. The van der Waals surface area contributed by atoms with E-state index in [0.717, 1.165) is 24.5 Å². The molecule has 1 aliphatic rings. The average Bonchev–Trinajstić information content (AvgIpc) is 2.55. The van der Waals surface area contributed by atoms with Gasteiger partial charge in [-0.2, -0.15) is 0 Å². The zero-order chi connectivity index (χ0) is 16.7. The lowest BCUT2D eigenvalue weighted by Crippen LogP contribution is -2.44. The van der Waals surface area contributed by atoms with Crippen molar-refractivity contribution in [3.05, 3.63) is 23.8 Å². The highest BCUT2D eigenvalue weighted by atomic mass is 16.5. The number of hydrogen-bond acceptors (Lipinski definition) is 4. The molecule has 1 heterocycles. The number of nitrogens with zero attached hydrogens (tertiary/aromatic N) is 2. The highest BCUT2D eigenvalue weighted by Gasteiger charge is 2.13. The van der Waals surface area contributed by atoms with Gasteiger partial charge in [0.25, 0.3) is 0 Å². The Hall–Kier alpha value is -1.26. The van der Waals surface area contributed by atoms with Crippen LogP contribution < -0.4 is 9.47 Å². The van der Waals surface area contributed by atoms with E-state index in [0.29, 0.717) is 5.92 Å². The average molecular weight is 320 g/mol. The van der Waals surface area contributed by atoms with Crippen molar-refractivity contribution in [1.29, 1.82) is 0 Å². The summed E-state index contributed by atoms with van der Waals surface area (Å²) in [6, 6.07) is 6.34. The molecule has 1 aliphatic heterocycles. The number of benzene rings is 1. The van der Waals surface area contributed by atoms with Gasteiger partial charge >= 0.3 is 0 Å². The van der Waals surface area contributed by atoms with Crippen molar-refractivity contribution in [1.82, 2.24) is 9.80 Å². The van der Waals surface area contributed by atoms with Crippen LogP contribution in [0.3, 0.4) is 0 Å². The summed E-state index contributed by atoms with van der Waals surface area (Å²) in [5.74, 6) is 2.22. The minimum atomic E-state index is 0.517. The Morgan fingerprint density at radius 2 is 1.83 bits per heavy atom. The number of ether oxygens (including phenoxy) is 2. The van der Waals surface area contributed by atoms with Crippen LogP contribution in [0, 0.1) is 5.92 Å². The summed E-state index contributed by atoms with van der Waals surface area (Å²) >= 11 is 0. The fourth-order valence-electron chi connectivity index (χ4n) is 2.82. The molecule has 0 aliphatic carbocycles. The van der Waals surface area contributed by atoms with Gasteiger partial charge in [0.1, 0.15) is 0 Å². The predicted octanol–water partition coefficient (Wildman–Crippen LogP) is 2.91. The number of aryl methyl sites for hydroxylation is 1. The Kier molecular flexibility index (Phi) is 7.18. The summed E-state index contributed by atoms with van der Waals surface area (Å²) in [7, 11) is 3.91. The van der Waals surface area contributed by atoms with E-state index in [2.05, 4.69) is 42.8 Å². The largest absolute Gasteiger partial charge is 0.493 e. The van der Waals surface area contributed by atoms with Crippen LogP contribution in [0.2, 0.25) is 0 Å². The first-order chi connectivity index (χ1) is 11.1. The van der Waals surface area contributed by atoms with Gasteiger partial charge in [-0.3, -0.25) is 0 Å². The molecule has 1 fully saturated rings. The topological polar surface area (TPSA) is 24.9 Å². The van der Waals surface area contributed by atoms with Gasteiger partial charge in [-0.25, -0.2) is 0 Å². The van der Waals surface area contributed by atoms with Crippen LogP contribution in [-0.2, 0) is 6.42 Å². The van der Waals surface area contributed by atoms with Crippen molar-refractivity contribution < 1.29 is 9.47 Å². The lowest BCUT2D eigenvalue weighted by molar-refractivity contribution is 0.153. The molecule has 1 aromatic rings. The number of rotatable bonds is 8. The highest BCUT2D eigenvalue weighted by Crippen LogP contribution is 2.29. The molecule has 0 spiro atoms. The van der Waals surface area contributed by atoms with Crippen LogP contribution in [0.15, 0.2) is 18.2 Å². The van der Waals surface area contributed by atoms with Gasteiger partial charge in [0.15, 0.2) is 11.5 Å². The minimum Gasteiger partial charge on any atom is -0.493 e. The van der Waals surface area contributed by atoms with E-state index in [1.807, 2.05) is 6.07 Å². The second-order valence-corrected chi connectivity index (χ2v) is 6.94. The van der Waals surface area contributed by atoms with E-state index in [9.17, 15) is 0 Å². The summed E-state index contributed by atoms with van der Waals surface area (Å²) in [5.41, 5.74) is 1.33. The molecular weight excluding hydrogens is 288 g/mol. The first-order valence-electron chi connectivity index (χ1n) is 8.79. The number of hydrogen-bond donors (Lipinski definition) is 0. The van der Waals surface area contributed by atoms with Gasteiger partial charge in [-0.05, 0) is 50.0 Å². The van der Waals surface area contributed by atoms with Crippen LogP contribution in [0.1, 0.15) is 25.8 Å². The molecule has 4 heteroatoms. The number of likely N-dealkylation sites (N-methyl/N-ethyl adjacent to an activating group) is 1. The predicted molar refractivity (Wildman–Crippen MR) is 95.6 cm³/mol. The maximum atomic E-state index is 5.82. The third-order valence-corrected chi connectivity index (χ3v) is 4.34. The standard InChI is InChI=1S/C19H32N2O2/c1-16(2)15-23-18-8-7-17(14-19(18)22-4)6-5-9-21-12-10-20(3)11-13-21/h7-8,14,16H,5-6,9-13,15H2,1-4H3. The van der Waals surface area contributed by atoms with Crippen molar-refractivity contribution in [3.8, 4) is 11.5 Å². The quantitative estimate of drug-likeness (QED) is 0.735. The van der Waals surface area contributed by atoms with Crippen molar-refractivity contribution in [2.24, 2.45) is 5.92 Å². The van der Waals surface area contributed by atoms with Crippen LogP contribution in [0.4, 0.5) is 0 Å². The normalized spacial score (nSPS) is 16.7. The Bertz CT molecular complexity index is 468. The second kappa shape index (κ2) is 9.14. The van der Waals surface area contributed by atoms with Gasteiger partial charge in [-0.15, -0.1) is 0 Å².